The van der Waals surface area contributed by atoms with Crippen LogP contribution in [0.1, 0.15) is 18.4 Å². The van der Waals surface area contributed by atoms with Crippen LogP contribution in [0.5, 0.6) is 0 Å². The number of nitrogens with zero attached hydrogens (tertiary/aromatic N) is 2. The van der Waals surface area contributed by atoms with Gasteiger partial charge >= 0.3 is 6.18 Å². The number of benzene rings is 2. The highest BCUT2D eigenvalue weighted by Crippen LogP contribution is 2.36. The molecule has 9 heteroatoms. The van der Waals surface area contributed by atoms with Gasteiger partial charge in [0.15, 0.2) is 0 Å². The maximum Gasteiger partial charge on any atom is 0.417 e. The number of hydrogen-bond donors (Lipinski definition) is 0. The molecule has 0 spiro atoms. The van der Waals surface area contributed by atoms with E-state index in [0.717, 1.165) is 28.2 Å². The largest absolute Gasteiger partial charge is 0.417 e. The van der Waals surface area contributed by atoms with E-state index in [4.69, 9.17) is 0 Å². The Hall–Kier alpha value is -2.39. The number of sulfonamides is 1. The van der Waals surface area contributed by atoms with Crippen molar-refractivity contribution >= 4 is 21.6 Å². The Labute approximate surface area is 167 Å². The Bertz CT molecular complexity index is 970. The molecule has 0 aliphatic carbocycles. The van der Waals surface area contributed by atoms with E-state index in [1.165, 1.54) is 11.0 Å². The molecule has 156 valence electrons. The van der Waals surface area contributed by atoms with Crippen LogP contribution in [0.2, 0.25) is 0 Å². The van der Waals surface area contributed by atoms with E-state index in [2.05, 4.69) is 0 Å². The van der Waals surface area contributed by atoms with E-state index in [0.29, 0.717) is 0 Å². The van der Waals surface area contributed by atoms with Crippen LogP contribution < -0.4 is 4.90 Å². The minimum atomic E-state index is -4.77. The average Bonchev–Trinajstić information content (AvgIpc) is 2.73. The molecule has 1 aliphatic rings. The van der Waals surface area contributed by atoms with Crippen molar-refractivity contribution in [3.63, 3.8) is 0 Å². The number of piperidine rings is 1. The molecule has 1 fully saturated rings. The fourth-order valence-electron chi connectivity index (χ4n) is 3.46. The quantitative estimate of drug-likeness (QED) is 0.748. The minimum absolute atomic E-state index is 0.00639. The fourth-order valence-corrected chi connectivity index (χ4v) is 5.14. The predicted molar refractivity (Wildman–Crippen MR) is 103 cm³/mol. The first-order valence-electron chi connectivity index (χ1n) is 9.11. The highest BCUT2D eigenvalue weighted by atomic mass is 32.2. The second-order valence-electron chi connectivity index (χ2n) is 6.91. The van der Waals surface area contributed by atoms with Gasteiger partial charge in [0.05, 0.1) is 10.5 Å². The zero-order valence-corrected chi connectivity index (χ0v) is 16.6. The number of carbonyl (C=O) groups excluding carboxylic acids is 1. The molecule has 1 saturated heterocycles. The second kappa shape index (κ2) is 8.16. The molecule has 0 aromatic heterocycles. The van der Waals surface area contributed by atoms with Crippen LogP contribution >= 0.6 is 0 Å². The topological polar surface area (TPSA) is 57.7 Å². The molecule has 1 amide bonds. The lowest BCUT2D eigenvalue weighted by atomic mass is 9.96. The molecule has 29 heavy (non-hydrogen) atoms. The number of carbonyl (C=O) groups is 1. The number of para-hydroxylation sites is 1. The molecule has 0 saturated carbocycles. The molecule has 3 rings (SSSR count). The van der Waals surface area contributed by atoms with Crippen LogP contribution in [0.3, 0.4) is 0 Å². The van der Waals surface area contributed by atoms with Gasteiger partial charge in [-0.1, -0.05) is 30.3 Å². The maximum absolute atomic E-state index is 13.2. The van der Waals surface area contributed by atoms with Gasteiger partial charge < -0.3 is 4.90 Å². The van der Waals surface area contributed by atoms with Crippen molar-refractivity contribution in [3.05, 3.63) is 60.2 Å². The third kappa shape index (κ3) is 4.45. The lowest BCUT2D eigenvalue weighted by Gasteiger charge is -2.33. The molecule has 0 radical (unpaired) electrons. The Kier molecular flexibility index (Phi) is 6.00. The van der Waals surface area contributed by atoms with Gasteiger partial charge in [0.1, 0.15) is 0 Å². The summed E-state index contributed by atoms with van der Waals surface area (Å²) >= 11 is 0. The summed E-state index contributed by atoms with van der Waals surface area (Å²) in [5, 5.41) is 0. The number of hydrogen-bond acceptors (Lipinski definition) is 3. The summed E-state index contributed by atoms with van der Waals surface area (Å²) < 4.78 is 66.4. The standard InChI is InChI=1S/C20H21F3N2O3S/c1-24(16-7-3-2-4-8-16)19(26)15-11-13-25(14-12-15)29(27,28)18-10-6-5-9-17(18)20(21,22)23/h2-10,15H,11-14H2,1H3. The van der Waals surface area contributed by atoms with Gasteiger partial charge in [0.2, 0.25) is 15.9 Å². The third-order valence-electron chi connectivity index (χ3n) is 5.09. The predicted octanol–water partition coefficient (Wildman–Crippen LogP) is 3.77. The molecule has 0 N–H and O–H groups in total. The van der Waals surface area contributed by atoms with Crippen molar-refractivity contribution in [2.75, 3.05) is 25.0 Å². The summed E-state index contributed by atoms with van der Waals surface area (Å²) in [6.45, 7) is -0.0128. The Morgan fingerprint density at radius 1 is 1.00 bits per heavy atom. The van der Waals surface area contributed by atoms with Crippen LogP contribution in [-0.2, 0) is 21.0 Å². The highest BCUT2D eigenvalue weighted by Gasteiger charge is 2.40. The fraction of sp³-hybridized carbons (Fsp3) is 0.350. The Balaban J connectivity index is 1.73. The lowest BCUT2D eigenvalue weighted by molar-refractivity contribution is -0.139. The molecule has 2 aromatic rings. The zero-order valence-electron chi connectivity index (χ0n) is 15.8. The van der Waals surface area contributed by atoms with Gasteiger partial charge in [-0.15, -0.1) is 0 Å². The van der Waals surface area contributed by atoms with Crippen LogP contribution in [-0.4, -0.2) is 38.8 Å². The van der Waals surface area contributed by atoms with Crippen molar-refractivity contribution in [3.8, 4) is 0 Å². The Morgan fingerprint density at radius 2 is 1.55 bits per heavy atom. The summed E-state index contributed by atoms with van der Waals surface area (Å²) in [6.07, 6.45) is -4.26. The SMILES string of the molecule is CN(C(=O)C1CCN(S(=O)(=O)c2ccccc2C(F)(F)F)CC1)c1ccccc1. The van der Waals surface area contributed by atoms with Crippen molar-refractivity contribution in [2.24, 2.45) is 5.92 Å². The summed E-state index contributed by atoms with van der Waals surface area (Å²) in [4.78, 5) is 13.5. The zero-order chi connectivity index (χ0) is 21.2. The normalized spacial score (nSPS) is 16.6. The molecule has 1 aliphatic heterocycles. The van der Waals surface area contributed by atoms with Crippen molar-refractivity contribution in [1.82, 2.24) is 4.31 Å². The van der Waals surface area contributed by atoms with Gasteiger partial charge in [-0.2, -0.15) is 17.5 Å². The molecule has 2 aromatic carbocycles. The summed E-state index contributed by atoms with van der Waals surface area (Å²) in [5.74, 6) is -0.520. The number of halogens is 3. The lowest BCUT2D eigenvalue weighted by Crippen LogP contribution is -2.43. The second-order valence-corrected chi connectivity index (χ2v) is 8.81. The molecule has 0 unspecified atom stereocenters. The number of rotatable bonds is 4. The van der Waals surface area contributed by atoms with Crippen LogP contribution in [0.15, 0.2) is 59.5 Å². The molecule has 1 heterocycles. The third-order valence-corrected chi connectivity index (χ3v) is 7.04. The first-order valence-corrected chi connectivity index (χ1v) is 10.6. The van der Waals surface area contributed by atoms with E-state index >= 15 is 0 Å². The van der Waals surface area contributed by atoms with E-state index < -0.39 is 26.7 Å². The first-order chi connectivity index (χ1) is 13.6. The van der Waals surface area contributed by atoms with Crippen molar-refractivity contribution in [1.29, 1.82) is 0 Å². The number of anilines is 1. The first kappa shape index (κ1) is 21.3. The van der Waals surface area contributed by atoms with Gasteiger partial charge in [-0.25, -0.2) is 8.42 Å². The van der Waals surface area contributed by atoms with Gasteiger partial charge in [0, 0.05) is 31.7 Å². The summed E-state index contributed by atoms with van der Waals surface area (Å²) in [6, 6.07) is 13.2. The maximum atomic E-state index is 13.2. The van der Waals surface area contributed by atoms with E-state index in [1.54, 1.807) is 19.2 Å². The smallest absolute Gasteiger partial charge is 0.315 e. The van der Waals surface area contributed by atoms with Gasteiger partial charge in [-0.3, -0.25) is 4.79 Å². The number of alkyl halides is 3. The van der Waals surface area contributed by atoms with Crippen molar-refractivity contribution in [2.45, 2.75) is 23.9 Å². The van der Waals surface area contributed by atoms with Crippen LogP contribution in [0.25, 0.3) is 0 Å². The molecular formula is C20H21F3N2O3S. The Morgan fingerprint density at radius 3 is 2.14 bits per heavy atom. The molecule has 0 bridgehead atoms. The van der Waals surface area contributed by atoms with Crippen molar-refractivity contribution < 1.29 is 26.4 Å². The van der Waals surface area contributed by atoms with Crippen LogP contribution in [0.4, 0.5) is 18.9 Å². The molecule has 5 nitrogen and oxygen atoms in total. The monoisotopic (exact) mass is 426 g/mol. The minimum Gasteiger partial charge on any atom is -0.315 e. The van der Waals surface area contributed by atoms with Gasteiger partial charge in [-0.05, 0) is 37.1 Å². The number of amides is 1. The van der Waals surface area contributed by atoms with Gasteiger partial charge in [0.25, 0.3) is 0 Å². The highest BCUT2D eigenvalue weighted by molar-refractivity contribution is 7.89. The van der Waals surface area contributed by atoms with E-state index in [1.807, 2.05) is 18.2 Å². The molecular weight excluding hydrogens is 405 g/mol. The van der Waals surface area contributed by atoms with E-state index in [9.17, 15) is 26.4 Å². The molecule has 0 atom stereocenters. The summed E-state index contributed by atoms with van der Waals surface area (Å²) in [5.41, 5.74) is -0.450. The summed E-state index contributed by atoms with van der Waals surface area (Å²) in [7, 11) is -2.66. The van der Waals surface area contributed by atoms with E-state index in [-0.39, 0.29) is 37.8 Å². The average molecular weight is 426 g/mol. The van der Waals surface area contributed by atoms with Crippen LogP contribution in [0, 0.1) is 5.92 Å².